The number of ether oxygens (including phenoxy) is 2. The Bertz CT molecular complexity index is 464. The van der Waals surface area contributed by atoms with Crippen molar-refractivity contribution in [2.45, 2.75) is 19.4 Å². The molecule has 0 unspecified atom stereocenters. The molecule has 2 N–H and O–H groups in total. The quantitative estimate of drug-likeness (QED) is 0.843. The van der Waals surface area contributed by atoms with Crippen molar-refractivity contribution in [3.63, 3.8) is 0 Å². The maximum Gasteiger partial charge on any atom is 0.314 e. The molecule has 21 heavy (non-hydrogen) atoms. The van der Waals surface area contributed by atoms with E-state index in [9.17, 15) is 9.18 Å². The molecule has 2 rings (SSSR count). The molecule has 1 aliphatic rings. The predicted octanol–water partition coefficient (Wildman–Crippen LogP) is 1.93. The Morgan fingerprint density at radius 2 is 2.38 bits per heavy atom. The molecule has 116 valence electrons. The summed E-state index contributed by atoms with van der Waals surface area (Å²) in [7, 11) is 0. The fourth-order valence-electron chi connectivity index (χ4n) is 2.09. The summed E-state index contributed by atoms with van der Waals surface area (Å²) in [6, 6.07) is 5.71. The summed E-state index contributed by atoms with van der Waals surface area (Å²) in [6.07, 6.45) is 0.742. The van der Waals surface area contributed by atoms with Gasteiger partial charge in [0.25, 0.3) is 0 Å². The van der Waals surface area contributed by atoms with Crippen molar-refractivity contribution >= 4 is 6.03 Å². The second-order valence-corrected chi connectivity index (χ2v) is 5.21. The SMILES string of the molecule is C[C@H](CNC(=O)NC[C@H]1CCOC1)Oc1cccc(F)c1. The molecule has 1 heterocycles. The molecule has 1 fully saturated rings. The summed E-state index contributed by atoms with van der Waals surface area (Å²) < 4.78 is 23.8. The highest BCUT2D eigenvalue weighted by Gasteiger charge is 2.16. The summed E-state index contributed by atoms with van der Waals surface area (Å²) >= 11 is 0. The second-order valence-electron chi connectivity index (χ2n) is 5.21. The summed E-state index contributed by atoms with van der Waals surface area (Å²) in [6.45, 7) is 4.26. The Hall–Kier alpha value is -1.82. The summed E-state index contributed by atoms with van der Waals surface area (Å²) in [4.78, 5) is 11.6. The first-order valence-corrected chi connectivity index (χ1v) is 7.15. The van der Waals surface area contributed by atoms with Crippen molar-refractivity contribution in [2.75, 3.05) is 26.3 Å². The highest BCUT2D eigenvalue weighted by molar-refractivity contribution is 5.73. The van der Waals surface area contributed by atoms with Gasteiger partial charge in [-0.25, -0.2) is 9.18 Å². The molecule has 1 saturated heterocycles. The van der Waals surface area contributed by atoms with E-state index in [0.717, 1.165) is 13.0 Å². The van der Waals surface area contributed by atoms with Gasteiger partial charge >= 0.3 is 6.03 Å². The van der Waals surface area contributed by atoms with Crippen LogP contribution in [0.25, 0.3) is 0 Å². The molecule has 1 aliphatic heterocycles. The molecular formula is C15H21FN2O3. The van der Waals surface area contributed by atoms with Gasteiger partial charge in [0.15, 0.2) is 0 Å². The number of hydrogen-bond donors (Lipinski definition) is 2. The van der Waals surface area contributed by atoms with Gasteiger partial charge in [-0.1, -0.05) is 6.07 Å². The zero-order valence-corrected chi connectivity index (χ0v) is 12.1. The molecule has 2 amide bonds. The first-order valence-electron chi connectivity index (χ1n) is 7.15. The monoisotopic (exact) mass is 296 g/mol. The number of rotatable bonds is 6. The standard InChI is InChI=1S/C15H21FN2O3/c1-11(21-14-4-2-3-13(16)7-14)8-17-15(19)18-9-12-5-6-20-10-12/h2-4,7,11-12H,5-6,8-10H2,1H3,(H2,17,18,19)/t11-,12-/m1/s1. The molecule has 0 spiro atoms. The molecule has 6 heteroatoms. The van der Waals surface area contributed by atoms with Gasteiger partial charge in [0.1, 0.15) is 17.7 Å². The summed E-state index contributed by atoms with van der Waals surface area (Å²) in [5.41, 5.74) is 0. The molecule has 2 atom stereocenters. The Labute approximate surface area is 123 Å². The number of halogens is 1. The third-order valence-corrected chi connectivity index (χ3v) is 3.26. The van der Waals surface area contributed by atoms with E-state index in [0.29, 0.717) is 31.4 Å². The van der Waals surface area contributed by atoms with Crippen LogP contribution in [-0.4, -0.2) is 38.4 Å². The molecule has 0 bridgehead atoms. The molecule has 0 radical (unpaired) electrons. The minimum Gasteiger partial charge on any atom is -0.489 e. The van der Waals surface area contributed by atoms with Crippen molar-refractivity contribution in [3.8, 4) is 5.75 Å². The van der Waals surface area contributed by atoms with Gasteiger partial charge in [-0.2, -0.15) is 0 Å². The van der Waals surface area contributed by atoms with Gasteiger partial charge in [0, 0.05) is 25.1 Å². The van der Waals surface area contributed by atoms with Crippen LogP contribution >= 0.6 is 0 Å². The minimum atomic E-state index is -0.343. The van der Waals surface area contributed by atoms with E-state index in [1.807, 2.05) is 6.92 Å². The lowest BCUT2D eigenvalue weighted by molar-refractivity contribution is 0.184. The van der Waals surface area contributed by atoms with Crippen LogP contribution in [0.15, 0.2) is 24.3 Å². The van der Waals surface area contributed by atoms with Gasteiger partial charge in [-0.3, -0.25) is 0 Å². The smallest absolute Gasteiger partial charge is 0.314 e. The molecule has 0 aliphatic carbocycles. The maximum atomic E-state index is 13.0. The van der Waals surface area contributed by atoms with E-state index in [2.05, 4.69) is 10.6 Å². The molecule has 1 aromatic carbocycles. The highest BCUT2D eigenvalue weighted by Crippen LogP contribution is 2.13. The number of hydrogen-bond acceptors (Lipinski definition) is 3. The predicted molar refractivity (Wildman–Crippen MR) is 76.8 cm³/mol. The normalized spacial score (nSPS) is 19.0. The first-order chi connectivity index (χ1) is 10.1. The molecule has 0 saturated carbocycles. The van der Waals surface area contributed by atoms with Gasteiger partial charge < -0.3 is 20.1 Å². The second kappa shape index (κ2) is 7.83. The van der Waals surface area contributed by atoms with E-state index in [-0.39, 0.29) is 18.0 Å². The van der Waals surface area contributed by atoms with Crippen molar-refractivity contribution in [1.82, 2.24) is 10.6 Å². The lowest BCUT2D eigenvalue weighted by Crippen LogP contribution is -2.42. The van der Waals surface area contributed by atoms with Gasteiger partial charge in [-0.15, -0.1) is 0 Å². The maximum absolute atomic E-state index is 13.0. The van der Waals surface area contributed by atoms with Gasteiger partial charge in [0.2, 0.25) is 0 Å². The van der Waals surface area contributed by atoms with Crippen LogP contribution in [0, 0.1) is 11.7 Å². The van der Waals surface area contributed by atoms with Crippen molar-refractivity contribution in [1.29, 1.82) is 0 Å². The van der Waals surface area contributed by atoms with E-state index in [1.165, 1.54) is 12.1 Å². The van der Waals surface area contributed by atoms with Crippen LogP contribution in [-0.2, 0) is 4.74 Å². The molecular weight excluding hydrogens is 275 g/mol. The minimum absolute atomic E-state index is 0.225. The fraction of sp³-hybridized carbons (Fsp3) is 0.533. The number of nitrogens with one attached hydrogen (secondary N) is 2. The first kappa shape index (κ1) is 15.6. The van der Waals surface area contributed by atoms with Crippen LogP contribution in [0.4, 0.5) is 9.18 Å². The zero-order chi connectivity index (χ0) is 15.1. The Kier molecular flexibility index (Phi) is 5.80. The van der Waals surface area contributed by atoms with Gasteiger partial charge in [-0.05, 0) is 25.5 Å². The molecule has 0 aromatic heterocycles. The van der Waals surface area contributed by atoms with Crippen LogP contribution in [0.1, 0.15) is 13.3 Å². The lowest BCUT2D eigenvalue weighted by atomic mass is 10.1. The van der Waals surface area contributed by atoms with Crippen molar-refractivity contribution in [2.24, 2.45) is 5.92 Å². The average Bonchev–Trinajstić information content (AvgIpc) is 2.96. The number of urea groups is 1. The third kappa shape index (κ3) is 5.59. The Morgan fingerprint density at radius 3 is 3.10 bits per heavy atom. The van der Waals surface area contributed by atoms with Crippen LogP contribution in [0.3, 0.4) is 0 Å². The van der Waals surface area contributed by atoms with E-state index in [1.54, 1.807) is 12.1 Å². The number of benzene rings is 1. The van der Waals surface area contributed by atoms with Crippen molar-refractivity contribution < 1.29 is 18.7 Å². The lowest BCUT2D eigenvalue weighted by Gasteiger charge is -2.16. The number of carbonyl (C=O) groups excluding carboxylic acids is 1. The third-order valence-electron chi connectivity index (χ3n) is 3.26. The van der Waals surface area contributed by atoms with Gasteiger partial charge in [0.05, 0.1) is 13.2 Å². The summed E-state index contributed by atoms with van der Waals surface area (Å²) in [5, 5.41) is 5.54. The average molecular weight is 296 g/mol. The Morgan fingerprint density at radius 1 is 1.52 bits per heavy atom. The highest BCUT2D eigenvalue weighted by atomic mass is 19.1. The van der Waals surface area contributed by atoms with Crippen LogP contribution in [0.5, 0.6) is 5.75 Å². The molecule has 5 nitrogen and oxygen atoms in total. The number of carbonyl (C=O) groups is 1. The number of amides is 2. The topological polar surface area (TPSA) is 59.6 Å². The van der Waals surface area contributed by atoms with Crippen LogP contribution < -0.4 is 15.4 Å². The fourth-order valence-corrected chi connectivity index (χ4v) is 2.09. The van der Waals surface area contributed by atoms with Crippen LogP contribution in [0.2, 0.25) is 0 Å². The van der Waals surface area contributed by atoms with E-state index < -0.39 is 0 Å². The molecule has 1 aromatic rings. The van der Waals surface area contributed by atoms with Crippen molar-refractivity contribution in [3.05, 3.63) is 30.1 Å². The Balaban J connectivity index is 1.63. The van der Waals surface area contributed by atoms with E-state index >= 15 is 0 Å². The van der Waals surface area contributed by atoms with E-state index in [4.69, 9.17) is 9.47 Å². The largest absolute Gasteiger partial charge is 0.489 e. The summed E-state index contributed by atoms with van der Waals surface area (Å²) in [5.74, 6) is 0.508. The zero-order valence-electron chi connectivity index (χ0n) is 12.1.